The Morgan fingerprint density at radius 3 is 1.19 bits per heavy atom. The molecule has 0 spiro atoms. The molecule has 8 aliphatic rings. The highest BCUT2D eigenvalue weighted by Crippen LogP contribution is 2.78. The maximum absolute atomic E-state index is 3.80. The van der Waals surface area contributed by atoms with E-state index in [-0.39, 0.29) is 0 Å². The van der Waals surface area contributed by atoms with E-state index in [1.165, 1.54) is 51.4 Å². The van der Waals surface area contributed by atoms with Crippen LogP contribution in [-0.4, -0.2) is 0 Å². The molecule has 0 amide bonds. The molecule has 0 heterocycles. The molecule has 0 heteroatoms. The van der Waals surface area contributed by atoms with Gasteiger partial charge in [0.15, 0.2) is 0 Å². The third-order valence-corrected chi connectivity index (χ3v) is 10.0. The summed E-state index contributed by atoms with van der Waals surface area (Å²) in [5, 5.41) is 0. The first-order valence-corrected chi connectivity index (χ1v) is 11.4. The van der Waals surface area contributed by atoms with Gasteiger partial charge in [-0.1, -0.05) is 11.8 Å². The molecule has 4 atom stereocenters. The zero-order valence-electron chi connectivity index (χ0n) is 16.8. The lowest BCUT2D eigenvalue weighted by molar-refractivity contribution is -0.220. The lowest BCUT2D eigenvalue weighted by Crippen LogP contribution is -2.64. The summed E-state index contributed by atoms with van der Waals surface area (Å²) in [6.45, 7) is 4.17. The Balaban J connectivity index is 1.46. The summed E-state index contributed by atoms with van der Waals surface area (Å²) in [6.07, 6.45) is 17.8. The fraction of sp³-hybridized carbons (Fsp3) is 0.846. The monoisotopic (exact) mass is 346 g/mol. The van der Waals surface area contributed by atoms with Crippen molar-refractivity contribution in [2.45, 2.75) is 90.9 Å². The van der Waals surface area contributed by atoms with Crippen molar-refractivity contribution in [2.24, 2.45) is 45.3 Å². The molecule has 8 saturated carbocycles. The number of hydrogen-bond donors (Lipinski definition) is 0. The van der Waals surface area contributed by atoms with E-state index in [0.717, 1.165) is 23.7 Å². The summed E-state index contributed by atoms with van der Waals surface area (Å²) in [5.41, 5.74) is 2.04. The van der Waals surface area contributed by atoms with Crippen LogP contribution in [-0.2, 0) is 0 Å². The predicted molar refractivity (Wildman–Crippen MR) is 106 cm³/mol. The molecule has 0 nitrogen and oxygen atoms in total. The molecule has 0 N–H and O–H groups in total. The van der Waals surface area contributed by atoms with Crippen LogP contribution in [0.15, 0.2) is 0 Å². The first-order valence-electron chi connectivity index (χ1n) is 11.4. The van der Waals surface area contributed by atoms with Gasteiger partial charge in [0.25, 0.3) is 0 Å². The van der Waals surface area contributed by atoms with Crippen LogP contribution >= 0.6 is 0 Å². The third kappa shape index (κ3) is 1.95. The molecule has 0 aromatic carbocycles. The molecular formula is C26H34. The molecule has 0 saturated heterocycles. The summed E-state index contributed by atoms with van der Waals surface area (Å²) in [4.78, 5) is 0. The summed E-state index contributed by atoms with van der Waals surface area (Å²) < 4.78 is 0. The quantitative estimate of drug-likeness (QED) is 0.495. The minimum Gasteiger partial charge on any atom is -0.106 e. The van der Waals surface area contributed by atoms with Crippen molar-refractivity contribution in [1.82, 2.24) is 0 Å². The van der Waals surface area contributed by atoms with Crippen LogP contribution in [0.1, 0.15) is 90.9 Å². The van der Waals surface area contributed by atoms with Gasteiger partial charge in [-0.3, -0.25) is 0 Å². The van der Waals surface area contributed by atoms with Gasteiger partial charge in [0.2, 0.25) is 0 Å². The average Bonchev–Trinajstić information content (AvgIpc) is 2.52. The van der Waals surface area contributed by atoms with Gasteiger partial charge < -0.3 is 0 Å². The first kappa shape index (κ1) is 16.1. The van der Waals surface area contributed by atoms with E-state index in [2.05, 4.69) is 37.5 Å². The smallest absolute Gasteiger partial charge is 0.0325 e. The Labute approximate surface area is 160 Å². The molecule has 0 aromatic rings. The van der Waals surface area contributed by atoms with Crippen molar-refractivity contribution in [3.63, 3.8) is 0 Å². The van der Waals surface area contributed by atoms with Gasteiger partial charge in [-0.05, 0) is 125 Å². The average molecular weight is 347 g/mol. The second-order valence-corrected chi connectivity index (χ2v) is 11.8. The Morgan fingerprint density at radius 1 is 0.538 bits per heavy atom. The molecule has 26 heavy (non-hydrogen) atoms. The van der Waals surface area contributed by atoms with Gasteiger partial charge >= 0.3 is 0 Å². The molecule has 8 rings (SSSR count). The predicted octanol–water partition coefficient (Wildman–Crippen LogP) is 6.21. The highest BCUT2D eigenvalue weighted by molar-refractivity contribution is 5.27. The van der Waals surface area contributed by atoms with Crippen molar-refractivity contribution < 1.29 is 0 Å². The minimum atomic E-state index is 0.395. The third-order valence-electron chi connectivity index (χ3n) is 10.0. The van der Waals surface area contributed by atoms with E-state index in [1.807, 2.05) is 0 Å². The Hall–Kier alpha value is -0.880. The topological polar surface area (TPSA) is 0 Å². The summed E-state index contributed by atoms with van der Waals surface area (Å²) in [7, 11) is 0. The Morgan fingerprint density at radius 2 is 0.885 bits per heavy atom. The molecule has 0 aromatic heterocycles. The van der Waals surface area contributed by atoms with E-state index >= 15 is 0 Å². The molecule has 4 unspecified atom stereocenters. The van der Waals surface area contributed by atoms with Crippen molar-refractivity contribution in [2.75, 3.05) is 0 Å². The Bertz CT molecular complexity index is 667. The molecule has 8 aliphatic carbocycles. The minimum absolute atomic E-state index is 0.395. The van der Waals surface area contributed by atoms with Crippen LogP contribution in [0.3, 0.4) is 0 Å². The zero-order valence-corrected chi connectivity index (χ0v) is 16.8. The first-order chi connectivity index (χ1) is 12.5. The fourth-order valence-corrected chi connectivity index (χ4v) is 10.6. The molecular weight excluding hydrogens is 312 g/mol. The standard InChI is InChI=1S/C26H34/c1-3-5-23-9-19-7-20(10-23)14-25(13-19,17-23)26-15-21-8-22(16-26)12-24(11-21,18-26)6-4-2/h19-22H,7-18H2,1-2H3. The maximum Gasteiger partial charge on any atom is 0.0325 e. The van der Waals surface area contributed by atoms with Gasteiger partial charge in [-0.15, -0.1) is 11.8 Å². The van der Waals surface area contributed by atoms with Gasteiger partial charge in [0, 0.05) is 10.8 Å². The van der Waals surface area contributed by atoms with Gasteiger partial charge in [0.1, 0.15) is 0 Å². The molecule has 0 radical (unpaired) electrons. The normalized spacial score (nSPS) is 58.1. The van der Waals surface area contributed by atoms with Crippen LogP contribution < -0.4 is 0 Å². The SMILES string of the molecule is CC#CC12CC3CC(C1)CC(C14CC5CC(CC(C#CC)(C5)C1)C4)(C3)C2. The number of rotatable bonds is 1. The maximum atomic E-state index is 3.80. The van der Waals surface area contributed by atoms with Crippen molar-refractivity contribution >= 4 is 0 Å². The molecule has 8 bridgehead atoms. The molecule has 8 fully saturated rings. The fourth-order valence-electron chi connectivity index (χ4n) is 10.6. The van der Waals surface area contributed by atoms with E-state index in [9.17, 15) is 0 Å². The van der Waals surface area contributed by atoms with Crippen molar-refractivity contribution in [3.8, 4) is 23.7 Å². The summed E-state index contributed by atoms with van der Waals surface area (Å²) in [5.74, 6) is 18.3. The van der Waals surface area contributed by atoms with E-state index in [1.54, 1.807) is 25.7 Å². The molecule has 0 aliphatic heterocycles. The van der Waals surface area contributed by atoms with Crippen LogP contribution in [0.5, 0.6) is 0 Å². The lowest BCUT2D eigenvalue weighted by Gasteiger charge is -2.73. The second kappa shape index (κ2) is 4.93. The van der Waals surface area contributed by atoms with Crippen LogP contribution in [0.25, 0.3) is 0 Å². The summed E-state index contributed by atoms with van der Waals surface area (Å²) in [6, 6.07) is 0. The van der Waals surface area contributed by atoms with Gasteiger partial charge in [0.05, 0.1) is 0 Å². The zero-order chi connectivity index (χ0) is 17.6. The van der Waals surface area contributed by atoms with Crippen molar-refractivity contribution in [3.05, 3.63) is 0 Å². The van der Waals surface area contributed by atoms with E-state index in [4.69, 9.17) is 0 Å². The van der Waals surface area contributed by atoms with Crippen molar-refractivity contribution in [1.29, 1.82) is 0 Å². The van der Waals surface area contributed by atoms with E-state index in [0.29, 0.717) is 21.7 Å². The highest BCUT2D eigenvalue weighted by atomic mass is 14.7. The number of hydrogen-bond acceptors (Lipinski definition) is 0. The highest BCUT2D eigenvalue weighted by Gasteiger charge is 2.69. The van der Waals surface area contributed by atoms with Crippen LogP contribution in [0.2, 0.25) is 0 Å². The van der Waals surface area contributed by atoms with Crippen LogP contribution in [0, 0.1) is 69.0 Å². The van der Waals surface area contributed by atoms with E-state index < -0.39 is 0 Å². The second-order valence-electron chi connectivity index (χ2n) is 11.8. The Kier molecular flexibility index (Phi) is 3.06. The lowest BCUT2D eigenvalue weighted by atomic mass is 9.31. The molecule has 138 valence electrons. The largest absolute Gasteiger partial charge is 0.106 e. The van der Waals surface area contributed by atoms with Crippen LogP contribution in [0.4, 0.5) is 0 Å². The van der Waals surface area contributed by atoms with Gasteiger partial charge in [-0.25, -0.2) is 0 Å². The summed E-state index contributed by atoms with van der Waals surface area (Å²) >= 11 is 0. The van der Waals surface area contributed by atoms with Gasteiger partial charge in [-0.2, -0.15) is 0 Å².